The topological polar surface area (TPSA) is 74.7 Å². The molecule has 0 saturated carbocycles. The summed E-state index contributed by atoms with van der Waals surface area (Å²) >= 11 is 0. The standard InChI is InChI=1S/C14H22N4O/c15-14(17-19)13-12(7-6-8-16-13)11-18-9-4-2-1-3-5-10-18/h6-8,19H,1-5,9-11H2,(H2,15,17). The van der Waals surface area contributed by atoms with Crippen LogP contribution in [0.15, 0.2) is 23.5 Å². The van der Waals surface area contributed by atoms with E-state index in [1.54, 1.807) is 6.20 Å². The van der Waals surface area contributed by atoms with Crippen LogP contribution in [-0.4, -0.2) is 34.0 Å². The van der Waals surface area contributed by atoms with Gasteiger partial charge in [-0.1, -0.05) is 30.5 Å². The van der Waals surface area contributed by atoms with Gasteiger partial charge >= 0.3 is 0 Å². The molecule has 1 aromatic heterocycles. The van der Waals surface area contributed by atoms with Crippen LogP contribution in [0, 0.1) is 0 Å². The van der Waals surface area contributed by atoms with Gasteiger partial charge in [0.1, 0.15) is 5.69 Å². The van der Waals surface area contributed by atoms with Crippen molar-refractivity contribution >= 4 is 5.84 Å². The van der Waals surface area contributed by atoms with Crippen molar-refractivity contribution in [1.29, 1.82) is 0 Å². The number of nitrogens with two attached hydrogens (primary N) is 1. The summed E-state index contributed by atoms with van der Waals surface area (Å²) in [6.45, 7) is 3.05. The lowest BCUT2D eigenvalue weighted by molar-refractivity contribution is 0.239. The van der Waals surface area contributed by atoms with Crippen LogP contribution in [0.2, 0.25) is 0 Å². The van der Waals surface area contributed by atoms with E-state index in [0.717, 1.165) is 25.2 Å². The molecule has 1 aliphatic heterocycles. The molecule has 0 unspecified atom stereocenters. The number of nitrogens with zero attached hydrogens (tertiary/aromatic N) is 3. The van der Waals surface area contributed by atoms with Crippen LogP contribution in [0.5, 0.6) is 0 Å². The summed E-state index contributed by atoms with van der Waals surface area (Å²) in [5.74, 6) is 0.0858. The van der Waals surface area contributed by atoms with E-state index >= 15 is 0 Å². The first-order chi connectivity index (χ1) is 9.31. The minimum atomic E-state index is 0.0858. The van der Waals surface area contributed by atoms with Gasteiger partial charge in [0.25, 0.3) is 0 Å². The molecule has 2 heterocycles. The molecule has 2 rings (SSSR count). The molecule has 0 amide bonds. The van der Waals surface area contributed by atoms with Gasteiger partial charge in [0.15, 0.2) is 5.84 Å². The number of likely N-dealkylation sites (tertiary alicyclic amines) is 1. The molecule has 0 aliphatic carbocycles. The van der Waals surface area contributed by atoms with Crippen molar-refractivity contribution in [3.63, 3.8) is 0 Å². The summed E-state index contributed by atoms with van der Waals surface area (Å²) in [5.41, 5.74) is 7.29. The van der Waals surface area contributed by atoms with Crippen LogP contribution < -0.4 is 5.73 Å². The van der Waals surface area contributed by atoms with E-state index in [-0.39, 0.29) is 5.84 Å². The highest BCUT2D eigenvalue weighted by atomic mass is 16.4. The monoisotopic (exact) mass is 262 g/mol. The number of hydrogen-bond acceptors (Lipinski definition) is 4. The Kier molecular flexibility index (Phi) is 5.15. The van der Waals surface area contributed by atoms with Crippen molar-refractivity contribution in [2.45, 2.75) is 38.6 Å². The Labute approximate surface area is 114 Å². The highest BCUT2D eigenvalue weighted by molar-refractivity contribution is 5.96. The Morgan fingerprint density at radius 2 is 1.95 bits per heavy atom. The van der Waals surface area contributed by atoms with E-state index in [2.05, 4.69) is 15.0 Å². The zero-order chi connectivity index (χ0) is 13.5. The molecule has 0 atom stereocenters. The Hall–Kier alpha value is -1.62. The molecule has 1 aliphatic rings. The Morgan fingerprint density at radius 3 is 2.63 bits per heavy atom. The lowest BCUT2D eigenvalue weighted by Crippen LogP contribution is -2.28. The summed E-state index contributed by atoms with van der Waals surface area (Å²) in [6.07, 6.45) is 8.16. The van der Waals surface area contributed by atoms with Crippen molar-refractivity contribution in [1.82, 2.24) is 9.88 Å². The normalized spacial score (nSPS) is 18.8. The third kappa shape index (κ3) is 3.92. The fourth-order valence-electron chi connectivity index (χ4n) is 2.56. The van der Waals surface area contributed by atoms with E-state index in [9.17, 15) is 0 Å². The summed E-state index contributed by atoms with van der Waals surface area (Å²) in [7, 11) is 0. The van der Waals surface area contributed by atoms with Crippen molar-refractivity contribution in [3.05, 3.63) is 29.6 Å². The SMILES string of the molecule is NC(=NO)c1ncccc1CN1CCCCCCC1. The third-order valence-electron chi connectivity index (χ3n) is 3.58. The van der Waals surface area contributed by atoms with E-state index in [1.165, 1.54) is 32.1 Å². The van der Waals surface area contributed by atoms with E-state index in [1.807, 2.05) is 12.1 Å². The van der Waals surface area contributed by atoms with Crippen molar-refractivity contribution in [3.8, 4) is 0 Å². The fourth-order valence-corrected chi connectivity index (χ4v) is 2.56. The molecule has 1 saturated heterocycles. The Balaban J connectivity index is 2.09. The van der Waals surface area contributed by atoms with Crippen molar-refractivity contribution < 1.29 is 5.21 Å². The molecule has 5 nitrogen and oxygen atoms in total. The molecule has 0 aromatic carbocycles. The molecular weight excluding hydrogens is 240 g/mol. The van der Waals surface area contributed by atoms with Gasteiger partial charge < -0.3 is 10.9 Å². The number of pyridine rings is 1. The zero-order valence-corrected chi connectivity index (χ0v) is 11.3. The lowest BCUT2D eigenvalue weighted by atomic mass is 10.1. The molecule has 1 fully saturated rings. The third-order valence-corrected chi connectivity index (χ3v) is 3.58. The predicted molar refractivity (Wildman–Crippen MR) is 75.1 cm³/mol. The maximum Gasteiger partial charge on any atom is 0.189 e. The smallest absolute Gasteiger partial charge is 0.189 e. The first-order valence-electron chi connectivity index (χ1n) is 6.95. The number of amidine groups is 1. The fraction of sp³-hybridized carbons (Fsp3) is 0.571. The largest absolute Gasteiger partial charge is 0.409 e. The highest BCUT2D eigenvalue weighted by Gasteiger charge is 2.13. The van der Waals surface area contributed by atoms with Crippen molar-refractivity contribution in [2.75, 3.05) is 13.1 Å². The minimum Gasteiger partial charge on any atom is -0.409 e. The van der Waals surface area contributed by atoms with Gasteiger partial charge in [-0.3, -0.25) is 9.88 Å². The number of oxime groups is 1. The van der Waals surface area contributed by atoms with Gasteiger partial charge in [-0.15, -0.1) is 0 Å². The molecule has 5 heteroatoms. The van der Waals surface area contributed by atoms with Crippen LogP contribution in [0.3, 0.4) is 0 Å². The van der Waals surface area contributed by atoms with Crippen LogP contribution in [-0.2, 0) is 6.54 Å². The number of aromatic nitrogens is 1. The Bertz CT molecular complexity index is 425. The number of hydrogen-bond donors (Lipinski definition) is 2. The van der Waals surface area contributed by atoms with Gasteiger partial charge in [-0.2, -0.15) is 0 Å². The number of rotatable bonds is 3. The molecule has 104 valence electrons. The first kappa shape index (κ1) is 13.8. The molecule has 0 spiro atoms. The molecule has 0 bridgehead atoms. The second kappa shape index (κ2) is 7.09. The van der Waals surface area contributed by atoms with Crippen LogP contribution in [0.1, 0.15) is 43.4 Å². The summed E-state index contributed by atoms with van der Waals surface area (Å²) in [5, 5.41) is 11.9. The molecule has 3 N–H and O–H groups in total. The summed E-state index contributed by atoms with van der Waals surface area (Å²) < 4.78 is 0. The average Bonchev–Trinajstić information content (AvgIpc) is 2.41. The van der Waals surface area contributed by atoms with Gasteiger partial charge in [0.05, 0.1) is 0 Å². The van der Waals surface area contributed by atoms with Gasteiger partial charge in [0.2, 0.25) is 0 Å². The highest BCUT2D eigenvalue weighted by Crippen LogP contribution is 2.15. The maximum atomic E-state index is 8.81. The summed E-state index contributed by atoms with van der Waals surface area (Å²) in [4.78, 5) is 6.65. The molecular formula is C14H22N4O. The molecule has 19 heavy (non-hydrogen) atoms. The van der Waals surface area contributed by atoms with E-state index in [0.29, 0.717) is 5.69 Å². The van der Waals surface area contributed by atoms with Crippen LogP contribution >= 0.6 is 0 Å². The minimum absolute atomic E-state index is 0.0858. The van der Waals surface area contributed by atoms with Crippen LogP contribution in [0.25, 0.3) is 0 Å². The molecule has 1 aromatic rings. The second-order valence-corrected chi connectivity index (χ2v) is 5.04. The average molecular weight is 262 g/mol. The second-order valence-electron chi connectivity index (χ2n) is 5.04. The maximum absolute atomic E-state index is 8.81. The quantitative estimate of drug-likeness (QED) is 0.378. The van der Waals surface area contributed by atoms with Gasteiger partial charge in [-0.25, -0.2) is 0 Å². The molecule has 0 radical (unpaired) electrons. The Morgan fingerprint density at radius 1 is 1.26 bits per heavy atom. The predicted octanol–water partition coefficient (Wildman–Crippen LogP) is 1.94. The van der Waals surface area contributed by atoms with Crippen molar-refractivity contribution in [2.24, 2.45) is 10.9 Å². The van der Waals surface area contributed by atoms with Crippen LogP contribution in [0.4, 0.5) is 0 Å². The first-order valence-corrected chi connectivity index (χ1v) is 6.95. The summed E-state index contributed by atoms with van der Waals surface area (Å²) in [6, 6.07) is 3.90. The zero-order valence-electron chi connectivity index (χ0n) is 11.3. The van der Waals surface area contributed by atoms with E-state index < -0.39 is 0 Å². The van der Waals surface area contributed by atoms with Gasteiger partial charge in [-0.05, 0) is 37.6 Å². The lowest BCUT2D eigenvalue weighted by Gasteiger charge is -2.25. The van der Waals surface area contributed by atoms with Gasteiger partial charge in [0, 0.05) is 12.7 Å². The van der Waals surface area contributed by atoms with E-state index in [4.69, 9.17) is 10.9 Å².